The van der Waals surface area contributed by atoms with Gasteiger partial charge >= 0.3 is 12.0 Å². The van der Waals surface area contributed by atoms with Gasteiger partial charge in [-0.05, 0) is 65.9 Å². The summed E-state index contributed by atoms with van der Waals surface area (Å²) in [7, 11) is 0. The molecule has 1 N–H and O–H groups in total. The molecule has 6 rings (SSSR count). The molecule has 0 bridgehead atoms. The molecule has 2 amide bonds. The van der Waals surface area contributed by atoms with Gasteiger partial charge in [0.2, 0.25) is 6.79 Å². The van der Waals surface area contributed by atoms with Crippen LogP contribution >= 0.6 is 0 Å². The van der Waals surface area contributed by atoms with Crippen LogP contribution in [0.3, 0.4) is 0 Å². The summed E-state index contributed by atoms with van der Waals surface area (Å²) in [5.74, 6) is -0.0675. The highest BCUT2D eigenvalue weighted by atomic mass is 16.7. The number of fused-ring (bicyclic) bond motifs is 2. The molecular weight excluding hydrogens is 510 g/mol. The van der Waals surface area contributed by atoms with Crippen LogP contribution in [-0.2, 0) is 22.6 Å². The molecule has 2 atom stereocenters. The first-order valence-electron chi connectivity index (χ1n) is 12.7. The maximum atomic E-state index is 13.7. The van der Waals surface area contributed by atoms with Gasteiger partial charge in [-0.1, -0.05) is 24.3 Å². The lowest BCUT2D eigenvalue weighted by atomic mass is 9.85. The highest BCUT2D eigenvalue weighted by Crippen LogP contribution is 2.34. The van der Waals surface area contributed by atoms with Gasteiger partial charge in [-0.15, -0.1) is 0 Å². The standard InChI is InChI=1S/C30H23N5O5/c31-15-19-2-1-3-20(12-19)16-38-29(36)27-23(7-4-18-5-9-25-26(13-18)40-17-39-25)34-30(37)35-28(27)21-6-8-22-24(14-21)33-11-10-32-22/h1-3,5-6,8-14,27-28H,4,7,16-17H2,(H,35,37). The van der Waals surface area contributed by atoms with Crippen LogP contribution in [0.25, 0.3) is 11.0 Å². The maximum absolute atomic E-state index is 13.7. The molecule has 1 aromatic heterocycles. The Balaban J connectivity index is 1.29. The number of hydrogen-bond acceptors (Lipinski definition) is 8. The van der Waals surface area contributed by atoms with Crippen molar-refractivity contribution in [3.8, 4) is 17.6 Å². The Morgan fingerprint density at radius 2 is 1.82 bits per heavy atom. The van der Waals surface area contributed by atoms with Crippen molar-refractivity contribution in [2.75, 3.05) is 6.79 Å². The number of ether oxygens (including phenoxy) is 3. The van der Waals surface area contributed by atoms with Gasteiger partial charge in [-0.3, -0.25) is 14.8 Å². The van der Waals surface area contributed by atoms with E-state index < -0.39 is 24.0 Å². The normalized spacial score (nSPS) is 17.6. The maximum Gasteiger partial charge on any atom is 0.341 e. The largest absolute Gasteiger partial charge is 0.460 e. The number of aromatic nitrogens is 2. The number of aryl methyl sites for hydroxylation is 1. The molecule has 198 valence electrons. The Labute approximate surface area is 229 Å². The molecular formula is C30H23N5O5. The second-order valence-electron chi connectivity index (χ2n) is 9.42. The van der Waals surface area contributed by atoms with Crippen LogP contribution in [0.2, 0.25) is 0 Å². The van der Waals surface area contributed by atoms with E-state index in [1.807, 2.05) is 30.3 Å². The number of nitrogens with one attached hydrogen (secondary N) is 1. The number of carbonyl (C=O) groups is 2. The summed E-state index contributed by atoms with van der Waals surface area (Å²) in [6, 6.07) is 18.8. The van der Waals surface area contributed by atoms with Crippen LogP contribution < -0.4 is 14.8 Å². The Morgan fingerprint density at radius 1 is 0.975 bits per heavy atom. The average Bonchev–Trinajstić information content (AvgIpc) is 3.46. The third-order valence-electron chi connectivity index (χ3n) is 6.87. The smallest absolute Gasteiger partial charge is 0.341 e. The summed E-state index contributed by atoms with van der Waals surface area (Å²) >= 11 is 0. The van der Waals surface area contributed by atoms with E-state index in [1.54, 1.807) is 42.7 Å². The number of carbonyl (C=O) groups excluding carboxylic acids is 2. The fourth-order valence-corrected chi connectivity index (χ4v) is 4.92. The van der Waals surface area contributed by atoms with Gasteiger partial charge in [-0.25, -0.2) is 9.79 Å². The van der Waals surface area contributed by atoms with Gasteiger partial charge in [-0.2, -0.15) is 5.26 Å². The van der Waals surface area contributed by atoms with Crippen molar-refractivity contribution in [1.29, 1.82) is 5.26 Å². The minimum Gasteiger partial charge on any atom is -0.460 e. The summed E-state index contributed by atoms with van der Waals surface area (Å²) in [5.41, 5.74) is 4.55. The fourth-order valence-electron chi connectivity index (χ4n) is 4.92. The third kappa shape index (κ3) is 5.17. The van der Waals surface area contributed by atoms with Crippen LogP contribution in [0.1, 0.15) is 34.7 Å². The Bertz CT molecular complexity index is 1700. The molecule has 2 unspecified atom stereocenters. The number of benzene rings is 3. The summed E-state index contributed by atoms with van der Waals surface area (Å²) in [4.78, 5) is 39.3. The van der Waals surface area contributed by atoms with Gasteiger partial charge in [0, 0.05) is 18.1 Å². The summed E-state index contributed by atoms with van der Waals surface area (Å²) < 4.78 is 16.6. The van der Waals surface area contributed by atoms with Crippen LogP contribution in [0, 0.1) is 17.2 Å². The summed E-state index contributed by atoms with van der Waals surface area (Å²) in [6.07, 6.45) is 4.06. The number of nitrogens with zero attached hydrogens (tertiary/aromatic N) is 4. The number of rotatable bonds is 7. The Hall–Kier alpha value is -5.30. The molecule has 0 saturated carbocycles. The van der Waals surface area contributed by atoms with Crippen molar-refractivity contribution in [3.63, 3.8) is 0 Å². The molecule has 10 nitrogen and oxygen atoms in total. The van der Waals surface area contributed by atoms with E-state index in [4.69, 9.17) is 14.2 Å². The third-order valence-corrected chi connectivity index (χ3v) is 6.87. The van der Waals surface area contributed by atoms with Crippen molar-refractivity contribution >= 4 is 28.7 Å². The first-order valence-corrected chi connectivity index (χ1v) is 12.7. The molecule has 0 aliphatic carbocycles. The topological polar surface area (TPSA) is 136 Å². The zero-order chi connectivity index (χ0) is 27.5. The van der Waals surface area contributed by atoms with E-state index in [1.165, 1.54) is 0 Å². The lowest BCUT2D eigenvalue weighted by Gasteiger charge is -2.31. The zero-order valence-electron chi connectivity index (χ0n) is 21.2. The quantitative estimate of drug-likeness (QED) is 0.345. The Kier molecular flexibility index (Phi) is 6.77. The van der Waals surface area contributed by atoms with E-state index in [9.17, 15) is 14.9 Å². The average molecular weight is 534 g/mol. The number of hydrogen-bond donors (Lipinski definition) is 1. The van der Waals surface area contributed by atoms with E-state index in [0.29, 0.717) is 57.8 Å². The molecule has 0 spiro atoms. The first kappa shape index (κ1) is 25.0. The van der Waals surface area contributed by atoms with Crippen molar-refractivity contribution < 1.29 is 23.8 Å². The van der Waals surface area contributed by atoms with Gasteiger partial charge < -0.3 is 19.5 Å². The molecule has 2 aliphatic heterocycles. The van der Waals surface area contributed by atoms with Crippen LogP contribution in [0.15, 0.2) is 78.0 Å². The highest BCUT2D eigenvalue weighted by molar-refractivity contribution is 6.09. The molecule has 3 heterocycles. The number of amides is 2. The molecule has 3 aromatic carbocycles. The van der Waals surface area contributed by atoms with Gasteiger partial charge in [0.1, 0.15) is 12.5 Å². The Morgan fingerprint density at radius 3 is 2.70 bits per heavy atom. The van der Waals surface area contributed by atoms with E-state index in [2.05, 4.69) is 26.3 Å². The zero-order valence-corrected chi connectivity index (χ0v) is 21.2. The van der Waals surface area contributed by atoms with Crippen molar-refractivity contribution in [1.82, 2.24) is 15.3 Å². The van der Waals surface area contributed by atoms with Gasteiger partial charge in [0.05, 0.1) is 28.7 Å². The molecule has 0 fully saturated rings. The van der Waals surface area contributed by atoms with Crippen molar-refractivity contribution in [2.24, 2.45) is 10.9 Å². The molecule has 0 radical (unpaired) electrons. The lowest BCUT2D eigenvalue weighted by Crippen LogP contribution is -2.45. The first-order chi connectivity index (χ1) is 19.6. The molecule has 10 heteroatoms. The number of nitriles is 1. The summed E-state index contributed by atoms with van der Waals surface area (Å²) in [6.45, 7) is 0.152. The number of urea groups is 1. The SMILES string of the molecule is N#Cc1cccc(COC(=O)C2C(CCc3ccc4c(c3)OCO4)=NC(=O)NC2c2ccc3nccnc3c2)c1. The summed E-state index contributed by atoms with van der Waals surface area (Å²) in [5, 5.41) is 12.1. The molecule has 40 heavy (non-hydrogen) atoms. The van der Waals surface area contributed by atoms with Gasteiger partial charge in [0.25, 0.3) is 0 Å². The van der Waals surface area contributed by atoms with Crippen molar-refractivity contribution in [3.05, 3.63) is 95.3 Å². The predicted octanol–water partition coefficient (Wildman–Crippen LogP) is 4.43. The monoisotopic (exact) mass is 533 g/mol. The predicted molar refractivity (Wildman–Crippen MR) is 144 cm³/mol. The van der Waals surface area contributed by atoms with E-state index in [-0.39, 0.29) is 13.4 Å². The minimum atomic E-state index is -0.875. The van der Waals surface area contributed by atoms with Crippen LogP contribution in [-0.4, -0.2) is 34.5 Å². The second-order valence-corrected chi connectivity index (χ2v) is 9.42. The lowest BCUT2D eigenvalue weighted by molar-refractivity contribution is -0.148. The van der Waals surface area contributed by atoms with E-state index >= 15 is 0 Å². The van der Waals surface area contributed by atoms with E-state index in [0.717, 1.165) is 5.56 Å². The van der Waals surface area contributed by atoms with Crippen molar-refractivity contribution in [2.45, 2.75) is 25.5 Å². The van der Waals surface area contributed by atoms with Crippen LogP contribution in [0.5, 0.6) is 11.5 Å². The molecule has 4 aromatic rings. The highest BCUT2D eigenvalue weighted by Gasteiger charge is 2.40. The minimum absolute atomic E-state index is 0.0237. The molecule has 0 saturated heterocycles. The van der Waals surface area contributed by atoms with Crippen LogP contribution in [0.4, 0.5) is 4.79 Å². The van der Waals surface area contributed by atoms with Gasteiger partial charge in [0.15, 0.2) is 11.5 Å². The fraction of sp³-hybridized carbons (Fsp3) is 0.200. The number of aliphatic imine (C=N–C) groups is 1. The number of esters is 1. The second kappa shape index (κ2) is 10.8. The molecule has 2 aliphatic rings.